The van der Waals surface area contributed by atoms with E-state index < -0.39 is 46.3 Å². The number of sulfone groups is 1. The summed E-state index contributed by atoms with van der Waals surface area (Å²) < 4.78 is 91.3. The quantitative estimate of drug-likeness (QED) is 0.0811. The number of halogens is 4. The third-order valence-corrected chi connectivity index (χ3v) is 16.1. The van der Waals surface area contributed by atoms with Gasteiger partial charge in [0.15, 0.2) is 0 Å². The first kappa shape index (κ1) is 47.2. The number of alkyl halides is 3. The number of morpholine rings is 1. The summed E-state index contributed by atoms with van der Waals surface area (Å²) in [4.78, 5) is 19.3. The lowest BCUT2D eigenvalue weighted by atomic mass is 9.95. The van der Waals surface area contributed by atoms with Crippen LogP contribution in [0.2, 0.25) is 5.02 Å². The molecule has 338 valence electrons. The predicted octanol–water partition coefficient (Wildman–Crippen LogP) is 7.31. The van der Waals surface area contributed by atoms with Crippen LogP contribution in [0.1, 0.15) is 28.8 Å². The average Bonchev–Trinajstić information content (AvgIpc) is 3.28. The molecule has 63 heavy (non-hydrogen) atoms. The number of hydrogen-bond acceptors (Lipinski definition) is 12. The Bertz CT molecular complexity index is 2450. The summed E-state index contributed by atoms with van der Waals surface area (Å²) in [6.45, 7) is 8.25. The molecule has 2 N–H and O–H groups in total. The third-order valence-electron chi connectivity index (χ3n) is 11.2. The topological polar surface area (TPSA) is 138 Å². The molecule has 4 aromatic rings. The highest BCUT2D eigenvalue weighted by atomic mass is 35.5. The van der Waals surface area contributed by atoms with Crippen molar-refractivity contribution in [3.8, 4) is 0 Å². The smallest absolute Gasteiger partial charge is 0.380 e. The largest absolute Gasteiger partial charge is 0.427 e. The number of rotatable bonds is 17. The fourth-order valence-electron chi connectivity index (χ4n) is 7.70. The Morgan fingerprint density at radius 1 is 0.825 bits per heavy atom. The van der Waals surface area contributed by atoms with Gasteiger partial charge in [-0.1, -0.05) is 41.9 Å². The molecular weight excluding hydrogens is 916 g/mol. The Morgan fingerprint density at radius 3 is 2.21 bits per heavy atom. The van der Waals surface area contributed by atoms with E-state index in [1.54, 1.807) is 12.1 Å². The van der Waals surface area contributed by atoms with Gasteiger partial charge in [-0.3, -0.25) is 14.6 Å². The monoisotopic (exact) mass is 963 g/mol. The Kier molecular flexibility index (Phi) is 15.7. The van der Waals surface area contributed by atoms with Crippen LogP contribution >= 0.6 is 35.0 Å². The predicted molar refractivity (Wildman–Crippen MR) is 244 cm³/mol. The number of ether oxygens (including phenoxy) is 2. The zero-order chi connectivity index (χ0) is 44.6. The number of nitrogens with zero attached hydrogens (tertiary/aromatic N) is 3. The second-order valence-electron chi connectivity index (χ2n) is 15.5. The first-order valence-corrected chi connectivity index (χ1v) is 25.3. The molecule has 1 amide bonds. The average molecular weight is 965 g/mol. The standard InChI is InChI=1S/C44H49Cl2F2N5O7S3/c45-35-10-6-32(7-11-35)40-17-25-60-30-34(40)29-52-19-21-53(22-20-52)37-12-8-33(9-13-37)43(54)50-63(57,58)39-14-15-41(42(28-39)62(55,56)44(46,47)48)49-36(16-18-51-23-26-59-27-24-51)31-61-38-4-2-1-3-5-38/h1-15,28,36,49H,16-27,29-31H2,(H,50,54)/t36-/m1/s1. The molecule has 3 heterocycles. The molecule has 19 heteroatoms. The van der Waals surface area contributed by atoms with Crippen LogP contribution in [0.5, 0.6) is 0 Å². The molecule has 12 nitrogen and oxygen atoms in total. The van der Waals surface area contributed by atoms with Gasteiger partial charge in [0, 0.05) is 85.3 Å². The molecule has 0 saturated carbocycles. The fourth-order valence-corrected chi connectivity index (χ4v) is 11.1. The van der Waals surface area contributed by atoms with Crippen molar-refractivity contribution in [3.05, 3.63) is 119 Å². The molecule has 1 atom stereocenters. The molecule has 4 aromatic carbocycles. The summed E-state index contributed by atoms with van der Waals surface area (Å²) in [5.41, 5.74) is 4.32. The highest BCUT2D eigenvalue weighted by Crippen LogP contribution is 2.38. The maximum absolute atomic E-state index is 14.6. The van der Waals surface area contributed by atoms with E-state index in [2.05, 4.69) is 20.0 Å². The molecule has 0 aliphatic carbocycles. The van der Waals surface area contributed by atoms with Crippen molar-refractivity contribution in [1.29, 1.82) is 0 Å². The van der Waals surface area contributed by atoms with Gasteiger partial charge < -0.3 is 19.7 Å². The van der Waals surface area contributed by atoms with Crippen molar-refractivity contribution in [2.45, 2.75) is 38.3 Å². The van der Waals surface area contributed by atoms with Gasteiger partial charge in [-0.25, -0.2) is 21.6 Å². The molecule has 7 rings (SSSR count). The van der Waals surface area contributed by atoms with Gasteiger partial charge in [-0.2, -0.15) is 8.78 Å². The van der Waals surface area contributed by atoms with Gasteiger partial charge in [0.1, 0.15) is 0 Å². The second-order valence-corrected chi connectivity index (χ2v) is 21.3. The van der Waals surface area contributed by atoms with Gasteiger partial charge in [0.2, 0.25) is 0 Å². The van der Waals surface area contributed by atoms with Gasteiger partial charge in [-0.15, -0.1) is 11.8 Å². The van der Waals surface area contributed by atoms with Gasteiger partial charge in [0.05, 0.1) is 41.9 Å². The first-order valence-electron chi connectivity index (χ1n) is 20.6. The number of benzene rings is 4. The van der Waals surface area contributed by atoms with E-state index >= 15 is 0 Å². The van der Waals surface area contributed by atoms with Crippen molar-refractivity contribution >= 4 is 77.7 Å². The molecule has 0 bridgehead atoms. The lowest BCUT2D eigenvalue weighted by Gasteiger charge is -2.37. The molecule has 0 unspecified atom stereocenters. The lowest BCUT2D eigenvalue weighted by molar-refractivity contribution is 0.0370. The van der Waals surface area contributed by atoms with E-state index in [0.29, 0.717) is 69.3 Å². The fraction of sp³-hybridized carbons (Fsp3) is 0.386. The maximum Gasteiger partial charge on any atom is 0.427 e. The minimum atomic E-state index is -5.62. The van der Waals surface area contributed by atoms with Crippen molar-refractivity contribution in [3.63, 3.8) is 0 Å². The number of hydrogen-bond donors (Lipinski definition) is 2. The van der Waals surface area contributed by atoms with Crippen molar-refractivity contribution in [1.82, 2.24) is 14.5 Å². The zero-order valence-electron chi connectivity index (χ0n) is 34.4. The molecule has 0 radical (unpaired) electrons. The normalized spacial score (nSPS) is 17.7. The summed E-state index contributed by atoms with van der Waals surface area (Å²) in [5.74, 6) is -0.557. The van der Waals surface area contributed by atoms with Crippen molar-refractivity contribution < 1.29 is 39.9 Å². The highest BCUT2D eigenvalue weighted by molar-refractivity contribution is 7.99. The first-order chi connectivity index (χ1) is 30.2. The van der Waals surface area contributed by atoms with E-state index in [0.717, 1.165) is 67.4 Å². The van der Waals surface area contributed by atoms with Crippen LogP contribution in [0.3, 0.4) is 0 Å². The van der Waals surface area contributed by atoms with E-state index in [1.807, 2.05) is 59.3 Å². The number of piperazine rings is 1. The van der Waals surface area contributed by atoms with Gasteiger partial charge in [-0.05, 0) is 108 Å². The Morgan fingerprint density at radius 2 is 1.52 bits per heavy atom. The van der Waals surface area contributed by atoms with Gasteiger partial charge >= 0.3 is 4.71 Å². The summed E-state index contributed by atoms with van der Waals surface area (Å²) in [6.07, 6.45) is 1.34. The number of amides is 1. The molecule has 2 fully saturated rings. The zero-order valence-corrected chi connectivity index (χ0v) is 38.3. The van der Waals surface area contributed by atoms with Crippen molar-refractivity contribution in [2.75, 3.05) is 94.8 Å². The van der Waals surface area contributed by atoms with Crippen LogP contribution < -0.4 is 14.9 Å². The van der Waals surface area contributed by atoms with E-state index in [1.165, 1.54) is 35.0 Å². The summed E-state index contributed by atoms with van der Waals surface area (Å²) in [6, 6.07) is 26.2. The minimum Gasteiger partial charge on any atom is -0.380 e. The number of anilines is 2. The number of carbonyl (C=O) groups excluding carboxylic acids is 1. The highest BCUT2D eigenvalue weighted by Gasteiger charge is 2.46. The number of nitrogens with one attached hydrogen (secondary N) is 2. The number of sulfonamides is 1. The molecule has 3 aliphatic rings. The molecule has 0 spiro atoms. The minimum absolute atomic E-state index is 0.0253. The molecule has 3 aliphatic heterocycles. The Hall–Kier alpha value is -3.78. The van der Waals surface area contributed by atoms with E-state index in [-0.39, 0.29) is 11.3 Å². The van der Waals surface area contributed by atoms with Crippen LogP contribution in [0.15, 0.2) is 117 Å². The summed E-state index contributed by atoms with van der Waals surface area (Å²) in [7, 11) is -10.4. The van der Waals surface area contributed by atoms with E-state index in [9.17, 15) is 30.4 Å². The molecular formula is C44H49Cl2F2N5O7S3. The SMILES string of the molecule is O=C(NS(=O)(=O)c1ccc(N[C@H](CCN2CCOCC2)CSc2ccccc2)c(S(=O)(=O)C(F)(F)Cl)c1)c1ccc(N2CCN(CC3=C(c4ccc(Cl)cc4)CCOC3)CC2)cc1. The van der Waals surface area contributed by atoms with Crippen LogP contribution in [0, 0.1) is 0 Å². The van der Waals surface area contributed by atoms with Crippen LogP contribution in [0.4, 0.5) is 20.2 Å². The lowest BCUT2D eigenvalue weighted by Crippen LogP contribution is -2.47. The van der Waals surface area contributed by atoms with Crippen LogP contribution in [0.25, 0.3) is 5.57 Å². The van der Waals surface area contributed by atoms with Crippen LogP contribution in [-0.2, 0) is 29.3 Å². The Labute approximate surface area is 381 Å². The van der Waals surface area contributed by atoms with Crippen molar-refractivity contribution in [2.24, 2.45) is 0 Å². The molecule has 0 aromatic heterocycles. The number of thioether (sulfide) groups is 1. The Balaban J connectivity index is 1.01. The summed E-state index contributed by atoms with van der Waals surface area (Å²) in [5, 5.41) is 3.79. The maximum atomic E-state index is 14.6. The number of carbonyl (C=O) groups is 1. The third kappa shape index (κ3) is 12.3. The molecule has 2 saturated heterocycles. The van der Waals surface area contributed by atoms with Gasteiger partial charge in [0.25, 0.3) is 25.8 Å². The summed E-state index contributed by atoms with van der Waals surface area (Å²) >= 11 is 12.8. The van der Waals surface area contributed by atoms with Crippen LogP contribution in [-0.4, -0.2) is 128 Å². The second kappa shape index (κ2) is 21.0. The van der Waals surface area contributed by atoms with E-state index in [4.69, 9.17) is 32.7 Å².